The number of alkyl carbamates (subject to hydrolysis) is 1. The summed E-state index contributed by atoms with van der Waals surface area (Å²) in [7, 11) is 2.90. The molecule has 0 radical (unpaired) electrons. The molecule has 182 valence electrons. The molecule has 0 aliphatic rings. The van der Waals surface area contributed by atoms with E-state index < -0.39 is 12.2 Å². The Balaban J connectivity index is 2.10. The minimum atomic E-state index is -0.693. The summed E-state index contributed by atoms with van der Waals surface area (Å²) in [6.45, 7) is 7.39. The van der Waals surface area contributed by atoms with E-state index in [4.69, 9.17) is 9.47 Å². The Hall–Kier alpha value is -3.39. The molecule has 2 aromatic rings. The van der Waals surface area contributed by atoms with E-state index in [2.05, 4.69) is 16.6 Å². The lowest BCUT2D eigenvalue weighted by molar-refractivity contribution is -0.140. The van der Waals surface area contributed by atoms with Crippen molar-refractivity contribution >= 4 is 29.6 Å². The number of allylic oxidation sites excluding steroid dienone is 1. The Morgan fingerprint density at radius 3 is 2.35 bits per heavy atom. The molecule has 0 fully saturated rings. The second-order valence-corrected chi connectivity index (χ2v) is 8.60. The van der Waals surface area contributed by atoms with Gasteiger partial charge in [0.25, 0.3) is 0 Å². The average molecular weight is 486 g/mol. The molecule has 0 saturated heterocycles. The third kappa shape index (κ3) is 7.88. The Bertz CT molecular complexity index is 1030. The number of methoxy groups -OCH3 is 2. The van der Waals surface area contributed by atoms with E-state index >= 15 is 0 Å². The largest absolute Gasteiger partial charge is 0.508 e. The maximum atomic E-state index is 12.6. The fourth-order valence-corrected chi connectivity index (χ4v) is 3.99. The van der Waals surface area contributed by atoms with Gasteiger partial charge in [0.1, 0.15) is 17.6 Å². The van der Waals surface area contributed by atoms with Crippen LogP contribution >= 0.6 is 11.8 Å². The number of phenolic OH excluding ortho intramolecular Hbond substituents is 1. The highest BCUT2D eigenvalue weighted by Crippen LogP contribution is 2.27. The molecule has 2 N–H and O–H groups in total. The van der Waals surface area contributed by atoms with Crippen LogP contribution in [0, 0.1) is 0 Å². The number of thioether (sulfide) groups is 1. The molecule has 0 spiro atoms. The van der Waals surface area contributed by atoms with Gasteiger partial charge in [0.05, 0.1) is 26.3 Å². The zero-order chi connectivity index (χ0) is 25.1. The third-order valence-corrected chi connectivity index (χ3v) is 5.94. The maximum absolute atomic E-state index is 12.6. The van der Waals surface area contributed by atoms with E-state index in [0.29, 0.717) is 34.8 Å². The molecule has 1 amide bonds. The van der Waals surface area contributed by atoms with Crippen molar-refractivity contribution in [2.75, 3.05) is 20.0 Å². The summed E-state index contributed by atoms with van der Waals surface area (Å²) in [4.78, 5) is 23.8. The van der Waals surface area contributed by atoms with Crippen molar-refractivity contribution < 1.29 is 28.9 Å². The number of esters is 1. The zero-order valence-electron chi connectivity index (χ0n) is 19.9. The van der Waals surface area contributed by atoms with Gasteiger partial charge in [-0.2, -0.15) is 11.8 Å². The Kier molecular flexibility index (Phi) is 10.5. The SMILES string of the molecule is C=C(C)/C(NC(=O)OC(C)c1ccccc1O)=C(\OC)c1ccc(CSCCC(=O)OC)cc1. The van der Waals surface area contributed by atoms with Crippen LogP contribution in [0.25, 0.3) is 5.76 Å². The average Bonchev–Trinajstić information content (AvgIpc) is 2.82. The van der Waals surface area contributed by atoms with Crippen LogP contribution in [0.5, 0.6) is 5.75 Å². The highest BCUT2D eigenvalue weighted by Gasteiger charge is 2.19. The van der Waals surface area contributed by atoms with Crippen LogP contribution in [-0.4, -0.2) is 37.1 Å². The number of amides is 1. The molecule has 2 rings (SSSR count). The quantitative estimate of drug-likeness (QED) is 0.186. The van der Waals surface area contributed by atoms with Gasteiger partial charge in [0.2, 0.25) is 0 Å². The fourth-order valence-electron chi connectivity index (χ4n) is 3.11. The van der Waals surface area contributed by atoms with Crippen LogP contribution in [0.15, 0.2) is 66.4 Å². The van der Waals surface area contributed by atoms with Crippen LogP contribution in [0.4, 0.5) is 4.79 Å². The summed E-state index contributed by atoms with van der Waals surface area (Å²) in [6, 6.07) is 14.4. The number of carbonyl (C=O) groups is 2. The molecule has 0 heterocycles. The van der Waals surface area contributed by atoms with Gasteiger partial charge in [-0.3, -0.25) is 10.1 Å². The molecular weight excluding hydrogens is 454 g/mol. The van der Waals surface area contributed by atoms with Gasteiger partial charge >= 0.3 is 12.1 Å². The number of nitrogens with one attached hydrogen (secondary N) is 1. The predicted molar refractivity (Wildman–Crippen MR) is 134 cm³/mol. The Morgan fingerprint density at radius 2 is 1.76 bits per heavy atom. The van der Waals surface area contributed by atoms with E-state index in [1.807, 2.05) is 24.3 Å². The number of phenols is 1. The topological polar surface area (TPSA) is 94.1 Å². The summed E-state index contributed by atoms with van der Waals surface area (Å²) in [5.74, 6) is 1.73. The molecular formula is C26H31NO6S. The van der Waals surface area contributed by atoms with Crippen molar-refractivity contribution in [1.82, 2.24) is 5.32 Å². The summed E-state index contributed by atoms with van der Waals surface area (Å²) in [6.07, 6.45) is -0.973. The Morgan fingerprint density at radius 1 is 1.09 bits per heavy atom. The van der Waals surface area contributed by atoms with Gasteiger partial charge in [0, 0.05) is 22.6 Å². The fraction of sp³-hybridized carbons (Fsp3) is 0.308. The smallest absolute Gasteiger partial charge is 0.412 e. The van der Waals surface area contributed by atoms with Crippen molar-refractivity contribution in [2.45, 2.75) is 32.1 Å². The van der Waals surface area contributed by atoms with Crippen LogP contribution in [0.2, 0.25) is 0 Å². The number of benzene rings is 2. The molecule has 0 bridgehead atoms. The molecule has 0 saturated carbocycles. The van der Waals surface area contributed by atoms with Crippen molar-refractivity contribution in [1.29, 1.82) is 0 Å². The lowest BCUT2D eigenvalue weighted by Crippen LogP contribution is -2.26. The predicted octanol–water partition coefficient (Wildman–Crippen LogP) is 5.57. The highest BCUT2D eigenvalue weighted by atomic mass is 32.2. The molecule has 8 heteroatoms. The monoisotopic (exact) mass is 485 g/mol. The normalized spacial score (nSPS) is 12.2. The van der Waals surface area contributed by atoms with Gasteiger partial charge in [-0.25, -0.2) is 4.79 Å². The molecule has 0 aliphatic heterocycles. The molecule has 1 atom stereocenters. The first-order valence-electron chi connectivity index (χ1n) is 10.7. The Labute approximate surface area is 204 Å². The molecule has 1 unspecified atom stereocenters. The minimum Gasteiger partial charge on any atom is -0.508 e. The third-order valence-electron chi connectivity index (χ3n) is 4.91. The number of hydrogen-bond acceptors (Lipinski definition) is 7. The van der Waals surface area contributed by atoms with Crippen molar-refractivity contribution in [3.8, 4) is 5.75 Å². The number of para-hydroxylation sites is 1. The minimum absolute atomic E-state index is 0.0552. The lowest BCUT2D eigenvalue weighted by Gasteiger charge is -2.19. The van der Waals surface area contributed by atoms with Crippen LogP contribution in [0.3, 0.4) is 0 Å². The maximum Gasteiger partial charge on any atom is 0.412 e. The standard InChI is InChI=1S/C26H31NO6S/c1-17(2)24(27-26(30)33-18(3)21-8-6-7-9-22(21)28)25(32-5)20-12-10-19(11-13-20)16-34-15-14-23(29)31-4/h6-13,18,28H,1,14-16H2,2-5H3,(H,27,30)/b25-24+. The van der Waals surface area contributed by atoms with E-state index in [9.17, 15) is 14.7 Å². The van der Waals surface area contributed by atoms with Crippen molar-refractivity contribution in [2.24, 2.45) is 0 Å². The number of aromatic hydroxyl groups is 1. The number of rotatable bonds is 11. The van der Waals surface area contributed by atoms with E-state index in [-0.39, 0.29) is 11.7 Å². The first-order valence-corrected chi connectivity index (χ1v) is 11.9. The summed E-state index contributed by atoms with van der Waals surface area (Å²) >= 11 is 1.64. The molecule has 0 aromatic heterocycles. The summed E-state index contributed by atoms with van der Waals surface area (Å²) in [5, 5.41) is 12.7. The lowest BCUT2D eigenvalue weighted by atomic mass is 10.1. The summed E-state index contributed by atoms with van der Waals surface area (Å²) in [5.41, 5.74) is 3.35. The second kappa shape index (κ2) is 13.3. The van der Waals surface area contributed by atoms with Crippen LogP contribution in [-0.2, 0) is 24.8 Å². The number of hydrogen-bond donors (Lipinski definition) is 2. The molecule has 34 heavy (non-hydrogen) atoms. The number of ether oxygens (including phenoxy) is 3. The van der Waals surface area contributed by atoms with E-state index in [0.717, 1.165) is 16.9 Å². The van der Waals surface area contributed by atoms with Crippen molar-refractivity contribution in [3.05, 3.63) is 83.1 Å². The van der Waals surface area contributed by atoms with Crippen molar-refractivity contribution in [3.63, 3.8) is 0 Å². The molecule has 2 aromatic carbocycles. The van der Waals surface area contributed by atoms with Gasteiger partial charge in [0.15, 0.2) is 0 Å². The zero-order valence-corrected chi connectivity index (χ0v) is 20.7. The first kappa shape index (κ1) is 26.9. The van der Waals surface area contributed by atoms with Crippen LogP contribution < -0.4 is 5.32 Å². The number of carbonyl (C=O) groups excluding carboxylic acids is 2. The summed E-state index contributed by atoms with van der Waals surface area (Å²) < 4.78 is 15.7. The van der Waals surface area contributed by atoms with Gasteiger partial charge in [-0.1, -0.05) is 49.0 Å². The van der Waals surface area contributed by atoms with Gasteiger partial charge in [-0.15, -0.1) is 0 Å². The first-order chi connectivity index (χ1) is 16.3. The van der Waals surface area contributed by atoms with E-state index in [1.54, 1.807) is 43.8 Å². The van der Waals surface area contributed by atoms with Crippen LogP contribution in [0.1, 0.15) is 43.1 Å². The highest BCUT2D eigenvalue weighted by molar-refractivity contribution is 7.98. The van der Waals surface area contributed by atoms with Gasteiger partial charge < -0.3 is 19.3 Å². The molecule has 7 nitrogen and oxygen atoms in total. The van der Waals surface area contributed by atoms with Gasteiger partial charge in [-0.05, 0) is 31.1 Å². The molecule has 0 aliphatic carbocycles. The second-order valence-electron chi connectivity index (χ2n) is 7.50. The van der Waals surface area contributed by atoms with E-state index in [1.165, 1.54) is 20.3 Å².